The molecule has 0 aromatic heterocycles. The Bertz CT molecular complexity index is 830. The summed E-state index contributed by atoms with van der Waals surface area (Å²) >= 11 is 0. The third-order valence-corrected chi connectivity index (χ3v) is 11.5. The summed E-state index contributed by atoms with van der Waals surface area (Å²) in [5.41, 5.74) is 0. The van der Waals surface area contributed by atoms with Gasteiger partial charge in [-0.2, -0.15) is 0 Å². The monoisotopic (exact) mass is 807 g/mol. The van der Waals surface area contributed by atoms with Crippen molar-refractivity contribution in [3.8, 4) is 0 Å². The zero-order valence-electron chi connectivity index (χ0n) is 36.2. The van der Waals surface area contributed by atoms with Crippen molar-refractivity contribution in [3.63, 3.8) is 0 Å². The summed E-state index contributed by atoms with van der Waals surface area (Å²) < 4.78 is 33.4. The number of aliphatic hydroxyl groups is 2. The Labute approximate surface area is 339 Å². The Kier molecular flexibility index (Phi) is 42.6. The summed E-state index contributed by atoms with van der Waals surface area (Å²) in [7, 11) is -4.51. The summed E-state index contributed by atoms with van der Waals surface area (Å²) in [4.78, 5) is 22.6. The Morgan fingerprint density at radius 1 is 0.491 bits per heavy atom. The van der Waals surface area contributed by atoms with Crippen molar-refractivity contribution in [1.29, 1.82) is 0 Å². The maximum atomic E-state index is 12.6. The van der Waals surface area contributed by atoms with Crippen LogP contribution in [0.15, 0.2) is 0 Å². The van der Waals surface area contributed by atoms with E-state index in [0.29, 0.717) is 6.61 Å². The van der Waals surface area contributed by atoms with E-state index < -0.39 is 33.2 Å². The number of aliphatic hydroxyl groups excluding tert-OH is 2. The van der Waals surface area contributed by atoms with Gasteiger partial charge in [-0.1, -0.05) is 219 Å². The van der Waals surface area contributed by atoms with Gasteiger partial charge in [-0.15, -0.1) is 0 Å². The molecule has 9 nitrogen and oxygen atoms in total. The van der Waals surface area contributed by atoms with E-state index in [4.69, 9.17) is 23.6 Å². The van der Waals surface area contributed by atoms with Gasteiger partial charge in [0.2, 0.25) is 0 Å². The van der Waals surface area contributed by atoms with Crippen LogP contribution in [0, 0.1) is 0 Å². The number of hydrogen-bond donors (Lipinski definition) is 3. The molecule has 0 aromatic carbocycles. The van der Waals surface area contributed by atoms with Gasteiger partial charge in [0.05, 0.1) is 26.4 Å². The van der Waals surface area contributed by atoms with E-state index in [2.05, 4.69) is 13.8 Å². The third kappa shape index (κ3) is 42.9. The average molecular weight is 807 g/mol. The summed E-state index contributed by atoms with van der Waals surface area (Å²) in [6.07, 6.45) is 42.0. The van der Waals surface area contributed by atoms with Crippen LogP contribution in [0.5, 0.6) is 0 Å². The van der Waals surface area contributed by atoms with Gasteiger partial charge in [0.15, 0.2) is 0 Å². The van der Waals surface area contributed by atoms with Crippen molar-refractivity contribution in [3.05, 3.63) is 0 Å². The van der Waals surface area contributed by atoms with Gasteiger partial charge in [-0.25, -0.2) is 4.57 Å². The SMILES string of the molecule is CCCCCCCCCCCCCCCCCCCCC(=O)OC(COCCCCCCCCCCCCCCCCCC)COP(=O)(O)OCC(O)CO. The van der Waals surface area contributed by atoms with Crippen LogP contribution in [-0.4, -0.2) is 66.3 Å². The normalized spacial score (nSPS) is 13.9. The highest BCUT2D eigenvalue weighted by atomic mass is 31.2. The predicted molar refractivity (Wildman–Crippen MR) is 228 cm³/mol. The molecule has 0 rings (SSSR count). The van der Waals surface area contributed by atoms with Gasteiger partial charge in [0.25, 0.3) is 0 Å². The van der Waals surface area contributed by atoms with Crippen LogP contribution >= 0.6 is 7.82 Å². The molecule has 0 aromatic rings. The molecular weight excluding hydrogens is 715 g/mol. The number of rotatable bonds is 46. The fourth-order valence-electron chi connectivity index (χ4n) is 6.95. The molecule has 3 unspecified atom stereocenters. The van der Waals surface area contributed by atoms with Crippen molar-refractivity contribution < 1.29 is 43.0 Å². The first-order chi connectivity index (χ1) is 26.8. The summed E-state index contributed by atoms with van der Waals surface area (Å²) in [6.45, 7) is 3.59. The Morgan fingerprint density at radius 2 is 0.818 bits per heavy atom. The molecule has 10 heteroatoms. The lowest BCUT2D eigenvalue weighted by Crippen LogP contribution is -2.29. The topological polar surface area (TPSA) is 132 Å². The quantitative estimate of drug-likeness (QED) is 0.0312. The molecule has 0 saturated heterocycles. The van der Waals surface area contributed by atoms with Gasteiger partial charge in [-0.3, -0.25) is 13.8 Å². The number of ether oxygens (including phenoxy) is 2. The number of unbranched alkanes of at least 4 members (excludes halogenated alkanes) is 32. The second kappa shape index (κ2) is 43.0. The zero-order chi connectivity index (χ0) is 40.3. The highest BCUT2D eigenvalue weighted by Crippen LogP contribution is 2.43. The van der Waals surface area contributed by atoms with Crippen molar-refractivity contribution >= 4 is 13.8 Å². The molecule has 0 spiro atoms. The van der Waals surface area contributed by atoms with Crippen LogP contribution in [-0.2, 0) is 27.9 Å². The average Bonchev–Trinajstić information content (AvgIpc) is 3.18. The lowest BCUT2D eigenvalue weighted by atomic mass is 10.0. The maximum absolute atomic E-state index is 12.6. The molecule has 0 aliphatic heterocycles. The van der Waals surface area contributed by atoms with Crippen LogP contribution in [0.1, 0.15) is 239 Å². The highest BCUT2D eigenvalue weighted by molar-refractivity contribution is 7.47. The van der Waals surface area contributed by atoms with Gasteiger partial charge < -0.3 is 24.6 Å². The van der Waals surface area contributed by atoms with E-state index in [1.165, 1.54) is 186 Å². The van der Waals surface area contributed by atoms with Crippen LogP contribution in [0.2, 0.25) is 0 Å². The molecular formula is C45H91O9P. The second-order valence-electron chi connectivity index (χ2n) is 16.1. The number of phosphoric ester groups is 1. The molecule has 0 fully saturated rings. The van der Waals surface area contributed by atoms with E-state index in [0.717, 1.165) is 32.1 Å². The van der Waals surface area contributed by atoms with E-state index in [1.807, 2.05) is 0 Å². The number of phosphoric acid groups is 1. The molecule has 0 radical (unpaired) electrons. The van der Waals surface area contributed by atoms with Crippen LogP contribution in [0.25, 0.3) is 0 Å². The second-order valence-corrected chi connectivity index (χ2v) is 17.6. The Balaban J connectivity index is 4.07. The number of hydrogen-bond acceptors (Lipinski definition) is 8. The van der Waals surface area contributed by atoms with Gasteiger partial charge in [-0.05, 0) is 12.8 Å². The molecule has 0 heterocycles. The standard InChI is InChI=1S/C45H91O9P/c1-3-5-7-9-11-13-15-17-19-21-22-23-25-27-29-31-33-35-37-45(48)54-44(42-53-55(49,50)52-40-43(47)39-46)41-51-38-36-34-32-30-28-26-24-20-18-16-14-12-10-8-6-4-2/h43-44,46-47H,3-42H2,1-2H3,(H,49,50). The zero-order valence-corrected chi connectivity index (χ0v) is 37.1. The van der Waals surface area contributed by atoms with Crippen LogP contribution in [0.4, 0.5) is 0 Å². The minimum atomic E-state index is -4.51. The molecule has 55 heavy (non-hydrogen) atoms. The first-order valence-corrected chi connectivity index (χ1v) is 25.0. The maximum Gasteiger partial charge on any atom is 0.472 e. The fourth-order valence-corrected chi connectivity index (χ4v) is 7.74. The number of carbonyl (C=O) groups is 1. The number of esters is 1. The van der Waals surface area contributed by atoms with E-state index in [-0.39, 0.29) is 25.6 Å². The molecule has 0 aliphatic carbocycles. The molecule has 330 valence electrons. The molecule has 0 saturated carbocycles. The number of carbonyl (C=O) groups excluding carboxylic acids is 1. The predicted octanol–water partition coefficient (Wildman–Crippen LogP) is 13.1. The lowest BCUT2D eigenvalue weighted by Gasteiger charge is -2.20. The van der Waals surface area contributed by atoms with Crippen LogP contribution in [0.3, 0.4) is 0 Å². The minimum Gasteiger partial charge on any atom is -0.457 e. The Morgan fingerprint density at radius 3 is 1.18 bits per heavy atom. The molecule has 0 bridgehead atoms. The smallest absolute Gasteiger partial charge is 0.457 e. The van der Waals surface area contributed by atoms with E-state index >= 15 is 0 Å². The van der Waals surface area contributed by atoms with Crippen molar-refractivity contribution in [1.82, 2.24) is 0 Å². The molecule has 3 atom stereocenters. The summed E-state index contributed by atoms with van der Waals surface area (Å²) in [6, 6.07) is 0. The first kappa shape index (κ1) is 54.5. The minimum absolute atomic E-state index is 0.0584. The van der Waals surface area contributed by atoms with Crippen molar-refractivity contribution in [2.75, 3.05) is 33.0 Å². The van der Waals surface area contributed by atoms with Crippen molar-refractivity contribution in [2.45, 2.75) is 251 Å². The van der Waals surface area contributed by atoms with Gasteiger partial charge >= 0.3 is 13.8 Å². The van der Waals surface area contributed by atoms with Crippen molar-refractivity contribution in [2.24, 2.45) is 0 Å². The van der Waals surface area contributed by atoms with E-state index in [9.17, 15) is 19.4 Å². The summed E-state index contributed by atoms with van der Waals surface area (Å²) in [5.74, 6) is -0.375. The van der Waals surface area contributed by atoms with E-state index in [1.54, 1.807) is 0 Å². The summed E-state index contributed by atoms with van der Waals surface area (Å²) in [5, 5.41) is 18.4. The van der Waals surface area contributed by atoms with Gasteiger partial charge in [0, 0.05) is 13.0 Å². The lowest BCUT2D eigenvalue weighted by molar-refractivity contribution is -0.154. The fraction of sp³-hybridized carbons (Fsp3) is 0.978. The molecule has 0 amide bonds. The molecule has 3 N–H and O–H groups in total. The third-order valence-electron chi connectivity index (χ3n) is 10.5. The Hall–Kier alpha value is -0.540. The largest absolute Gasteiger partial charge is 0.472 e. The van der Waals surface area contributed by atoms with Gasteiger partial charge in [0.1, 0.15) is 12.2 Å². The van der Waals surface area contributed by atoms with Crippen LogP contribution < -0.4 is 0 Å². The molecule has 0 aliphatic rings. The first-order valence-electron chi connectivity index (χ1n) is 23.5. The highest BCUT2D eigenvalue weighted by Gasteiger charge is 2.26.